The molecule has 0 aliphatic rings. The molecule has 0 aromatic heterocycles. The third-order valence-electron chi connectivity index (χ3n) is 0.243. The normalized spacial score (nSPS) is 15.7. The van der Waals surface area contributed by atoms with Crippen molar-refractivity contribution in [2.45, 2.75) is 6.92 Å². The molecule has 1 unspecified atom stereocenters. The van der Waals surface area contributed by atoms with Crippen LogP contribution in [-0.4, -0.2) is 4.21 Å². The van der Waals surface area contributed by atoms with Crippen LogP contribution in [-0.2, 0) is 10.0 Å². The van der Waals surface area contributed by atoms with Gasteiger partial charge in [-0.2, -0.15) is 0 Å². The maximum Gasteiger partial charge on any atom is 0.139 e. The Balaban J connectivity index is 3.30. The van der Waals surface area contributed by atoms with E-state index in [-0.39, 0.29) is 0 Å². The van der Waals surface area contributed by atoms with E-state index in [9.17, 15) is 4.21 Å². The van der Waals surface area contributed by atoms with Crippen LogP contribution < -0.4 is 0 Å². The van der Waals surface area contributed by atoms with Crippen LogP contribution in [0.25, 0.3) is 0 Å². The van der Waals surface area contributed by atoms with E-state index < -0.39 is 10.0 Å². The fourth-order valence-corrected chi connectivity index (χ4v) is 0.630. The largest absolute Gasteiger partial charge is 0.238 e. The molecule has 0 saturated heterocycles. The number of hydrogen-bond acceptors (Lipinski definition) is 1. The Bertz CT molecular complexity index is 78.9. The molecule has 0 amide bonds. The zero-order valence-corrected chi connectivity index (χ0v) is 4.92. The zero-order valence-electron chi connectivity index (χ0n) is 3.35. The van der Waals surface area contributed by atoms with Gasteiger partial charge in [0.15, 0.2) is 0 Å². The quantitative estimate of drug-likeness (QED) is 0.484. The lowest BCUT2D eigenvalue weighted by Gasteiger charge is -1.67. The second-order valence-corrected chi connectivity index (χ2v) is 2.40. The lowest BCUT2D eigenvalue weighted by molar-refractivity contribution is 0.695. The lowest BCUT2D eigenvalue weighted by Crippen LogP contribution is -1.59. The summed E-state index contributed by atoms with van der Waals surface area (Å²) in [6.07, 6.45) is 1.64. The molecule has 6 heavy (non-hydrogen) atoms. The van der Waals surface area contributed by atoms with Crippen molar-refractivity contribution in [3.05, 3.63) is 11.5 Å². The average molecular weight is 125 g/mol. The van der Waals surface area contributed by atoms with Crippen LogP contribution in [0.1, 0.15) is 6.92 Å². The van der Waals surface area contributed by atoms with Gasteiger partial charge in [-0.05, 0) is 17.6 Å². The van der Waals surface area contributed by atoms with Gasteiger partial charge in [-0.25, -0.2) is 4.21 Å². The molecule has 0 radical (unpaired) electrons. The van der Waals surface area contributed by atoms with Crippen molar-refractivity contribution in [1.29, 1.82) is 0 Å². The van der Waals surface area contributed by atoms with Gasteiger partial charge < -0.3 is 0 Å². The first-order valence-corrected chi connectivity index (χ1v) is 3.51. The first-order valence-electron chi connectivity index (χ1n) is 1.47. The monoisotopic (exact) mass is 124 g/mol. The molecule has 0 N–H and O–H groups in total. The summed E-state index contributed by atoms with van der Waals surface area (Å²) in [7, 11) is 3.69. The average Bonchev–Trinajstić information content (AvgIpc) is 1.35. The van der Waals surface area contributed by atoms with E-state index >= 15 is 0 Å². The van der Waals surface area contributed by atoms with E-state index in [1.807, 2.05) is 0 Å². The summed E-state index contributed by atoms with van der Waals surface area (Å²) < 4.78 is 9.83. The highest BCUT2D eigenvalue weighted by Gasteiger charge is 1.73. The minimum Gasteiger partial charge on any atom is -0.238 e. The molecule has 0 rings (SSSR count). The summed E-state index contributed by atoms with van der Waals surface area (Å²) in [4.78, 5) is 0. The van der Waals surface area contributed by atoms with Crippen molar-refractivity contribution < 1.29 is 4.21 Å². The Morgan fingerprint density at radius 1 is 1.83 bits per heavy atom. The Morgan fingerprint density at radius 3 is 2.33 bits per heavy atom. The van der Waals surface area contributed by atoms with Gasteiger partial charge in [0.05, 0.1) is 0 Å². The maximum atomic E-state index is 9.83. The molecular weight excluding hydrogens is 120 g/mol. The Morgan fingerprint density at radius 2 is 2.33 bits per heavy atom. The Labute approximate surface area is 44.0 Å². The molecule has 0 spiro atoms. The van der Waals surface area contributed by atoms with Gasteiger partial charge in [0.2, 0.25) is 0 Å². The third-order valence-corrected chi connectivity index (χ3v) is 1.04. The molecule has 0 aromatic carbocycles. The molecule has 0 heterocycles. The Kier molecular flexibility index (Phi) is 3.47. The van der Waals surface area contributed by atoms with Crippen LogP contribution in [0.3, 0.4) is 0 Å². The van der Waals surface area contributed by atoms with Crippen LogP contribution >= 0.6 is 10.7 Å². The van der Waals surface area contributed by atoms with E-state index in [1.54, 1.807) is 13.0 Å². The van der Waals surface area contributed by atoms with Crippen molar-refractivity contribution in [2.75, 3.05) is 0 Å². The summed E-state index contributed by atoms with van der Waals surface area (Å²) in [5.41, 5.74) is 0. The molecule has 0 bridgehead atoms. The summed E-state index contributed by atoms with van der Waals surface area (Å²) >= 11 is 0. The predicted molar refractivity (Wildman–Crippen MR) is 28.8 cm³/mol. The first kappa shape index (κ1) is 6.18. The van der Waals surface area contributed by atoms with E-state index in [1.165, 1.54) is 5.41 Å². The molecule has 36 valence electrons. The maximum absolute atomic E-state index is 9.83. The van der Waals surface area contributed by atoms with Crippen molar-refractivity contribution in [2.24, 2.45) is 0 Å². The smallest absolute Gasteiger partial charge is 0.139 e. The molecule has 1 atom stereocenters. The van der Waals surface area contributed by atoms with Gasteiger partial charge in [0.25, 0.3) is 0 Å². The molecule has 0 aliphatic carbocycles. The predicted octanol–water partition coefficient (Wildman–Crippen LogP) is 1.42. The fourth-order valence-electron chi connectivity index (χ4n) is 0.107. The highest BCUT2D eigenvalue weighted by Crippen LogP contribution is 1.87. The van der Waals surface area contributed by atoms with E-state index in [4.69, 9.17) is 10.7 Å². The van der Waals surface area contributed by atoms with Gasteiger partial charge in [-0.1, -0.05) is 6.08 Å². The van der Waals surface area contributed by atoms with Crippen LogP contribution in [0.4, 0.5) is 0 Å². The van der Waals surface area contributed by atoms with Gasteiger partial charge in [0, 0.05) is 5.41 Å². The number of hydrogen-bond donors (Lipinski definition) is 0. The topological polar surface area (TPSA) is 17.1 Å². The van der Waals surface area contributed by atoms with Crippen LogP contribution in [0, 0.1) is 0 Å². The first-order chi connectivity index (χ1) is 2.77. The van der Waals surface area contributed by atoms with Crippen LogP contribution in [0.2, 0.25) is 0 Å². The molecule has 0 aromatic rings. The van der Waals surface area contributed by atoms with Crippen molar-refractivity contribution >= 4 is 20.7 Å². The standard InChI is InChI=1S/C3H5ClOS/c1-2-3-6(4)5/h2-3H,1H3/b3-2+. The molecule has 0 saturated carbocycles. The van der Waals surface area contributed by atoms with Gasteiger partial charge in [0.1, 0.15) is 10.0 Å². The van der Waals surface area contributed by atoms with E-state index in [0.717, 1.165) is 0 Å². The molecule has 1 nitrogen and oxygen atoms in total. The van der Waals surface area contributed by atoms with Crippen LogP contribution in [0.5, 0.6) is 0 Å². The number of rotatable bonds is 1. The second-order valence-electron chi connectivity index (χ2n) is 0.718. The second kappa shape index (κ2) is 3.37. The number of halogens is 1. The third kappa shape index (κ3) is 4.18. The molecule has 3 heteroatoms. The SMILES string of the molecule is C/C=C/S(=O)Cl. The molecule has 0 aliphatic heterocycles. The summed E-state index contributed by atoms with van der Waals surface area (Å²) in [5.74, 6) is 0. The Hall–Kier alpha value is 0.180. The van der Waals surface area contributed by atoms with Crippen molar-refractivity contribution in [1.82, 2.24) is 0 Å². The minimum absolute atomic E-state index is 1.27. The lowest BCUT2D eigenvalue weighted by atomic mass is 10.8. The zero-order chi connectivity index (χ0) is 4.99. The molecular formula is C3H5ClOS. The van der Waals surface area contributed by atoms with Crippen LogP contribution in [0.15, 0.2) is 11.5 Å². The van der Waals surface area contributed by atoms with E-state index in [0.29, 0.717) is 0 Å². The van der Waals surface area contributed by atoms with Gasteiger partial charge in [-0.15, -0.1) is 0 Å². The summed E-state index contributed by atoms with van der Waals surface area (Å²) in [5, 5.41) is 1.40. The molecule has 0 fully saturated rings. The van der Waals surface area contributed by atoms with E-state index in [2.05, 4.69) is 0 Å². The highest BCUT2D eigenvalue weighted by atomic mass is 35.7. The van der Waals surface area contributed by atoms with Gasteiger partial charge in [-0.3, -0.25) is 0 Å². The van der Waals surface area contributed by atoms with Crippen molar-refractivity contribution in [3.8, 4) is 0 Å². The highest BCUT2D eigenvalue weighted by molar-refractivity contribution is 8.10. The summed E-state index contributed by atoms with van der Waals surface area (Å²) in [6.45, 7) is 1.76. The minimum atomic E-state index is -1.27. The number of allylic oxidation sites excluding steroid dienone is 1. The van der Waals surface area contributed by atoms with Crippen molar-refractivity contribution in [3.63, 3.8) is 0 Å². The van der Waals surface area contributed by atoms with Gasteiger partial charge >= 0.3 is 0 Å². The summed E-state index contributed by atoms with van der Waals surface area (Å²) in [6, 6.07) is 0. The fraction of sp³-hybridized carbons (Fsp3) is 0.333.